The smallest absolute Gasteiger partial charge is 0.391 e. The quantitative estimate of drug-likeness (QED) is 0.275. The number of likely N-dealkylation sites (tertiary alicyclic amines) is 1. The molecular formula is C31H36F2N3O8PS. The Morgan fingerprint density at radius 2 is 1.76 bits per heavy atom. The number of nitrogens with zero attached hydrogens (tertiary/aromatic N) is 2. The normalized spacial score (nSPS) is 21.8. The first kappa shape index (κ1) is 34.1. The van der Waals surface area contributed by atoms with Crippen LogP contribution in [0.3, 0.4) is 0 Å². The van der Waals surface area contributed by atoms with Crippen molar-refractivity contribution in [2.75, 3.05) is 26.2 Å². The summed E-state index contributed by atoms with van der Waals surface area (Å²) in [5.41, 5.74) is -5.21. The number of alkyl halides is 2. The number of nitrogens with one attached hydrogen (secondary N) is 1. The minimum atomic E-state index is -5.79. The first-order valence-corrected chi connectivity index (χ1v) is 17.1. The van der Waals surface area contributed by atoms with E-state index in [-0.39, 0.29) is 41.8 Å². The molecule has 0 spiro atoms. The Morgan fingerprint density at radius 1 is 1.07 bits per heavy atom. The van der Waals surface area contributed by atoms with Gasteiger partial charge in [-0.25, -0.2) is 0 Å². The largest absolute Gasteiger partial charge is 0.399 e. The molecule has 2 fully saturated rings. The minimum Gasteiger partial charge on any atom is -0.391 e. The van der Waals surface area contributed by atoms with Gasteiger partial charge in [-0.1, -0.05) is 57.2 Å². The summed E-state index contributed by atoms with van der Waals surface area (Å²) in [6.45, 7) is 6.05. The molecule has 4 N–H and O–H groups in total. The van der Waals surface area contributed by atoms with Gasteiger partial charge in [-0.2, -0.15) is 8.78 Å². The van der Waals surface area contributed by atoms with Crippen LogP contribution in [0.1, 0.15) is 54.1 Å². The van der Waals surface area contributed by atoms with E-state index in [2.05, 4.69) is 5.32 Å². The molecule has 3 aromatic rings. The van der Waals surface area contributed by atoms with E-state index in [0.29, 0.717) is 17.9 Å². The molecule has 0 bridgehead atoms. The topological polar surface area (TPSA) is 157 Å². The SMILES string of the molecule is CC(C)(C)C(NC(=O)c1cc2cc(C(F)(F)P(=O)(O)O)ccc2s1)C(=O)N1C[C@H](O)C[C@H]1C(=O)N1CCO[C@H](c2ccccc2)C1. The van der Waals surface area contributed by atoms with E-state index in [4.69, 9.17) is 14.5 Å². The standard InChI is InChI=1S/C31H36F2N3O8PS/c1-30(2,3)26(34-27(38)25-14-19-13-20(9-10-24(19)46-25)31(32,33)45(41,42)43)29(40)36-16-21(37)15-22(36)28(39)35-11-12-44-23(17-35)18-7-5-4-6-8-18/h4-10,13-14,21-23,26,37H,11-12,15-17H2,1-3H3,(H,34,38)(H2,41,42,43)/t21-,22+,23+,26?/m1/s1. The Hall–Kier alpha value is -3.26. The maximum atomic E-state index is 14.3. The van der Waals surface area contributed by atoms with Crippen LogP contribution >= 0.6 is 18.9 Å². The summed E-state index contributed by atoms with van der Waals surface area (Å²) < 4.78 is 46.2. The van der Waals surface area contributed by atoms with Gasteiger partial charge >= 0.3 is 13.3 Å². The number of benzene rings is 2. The monoisotopic (exact) mass is 679 g/mol. The van der Waals surface area contributed by atoms with Gasteiger partial charge in [0.15, 0.2) is 0 Å². The van der Waals surface area contributed by atoms with Crippen molar-refractivity contribution in [1.29, 1.82) is 0 Å². The summed E-state index contributed by atoms with van der Waals surface area (Å²) in [6, 6.07) is 11.8. The second-order valence-corrected chi connectivity index (χ2v) is 15.4. The fourth-order valence-corrected chi connectivity index (χ4v) is 7.17. The number of thiophene rings is 1. The molecule has 248 valence electrons. The summed E-state index contributed by atoms with van der Waals surface area (Å²) in [6.07, 6.45) is -1.24. The zero-order chi connectivity index (χ0) is 33.6. The highest BCUT2D eigenvalue weighted by atomic mass is 32.1. The van der Waals surface area contributed by atoms with Crippen molar-refractivity contribution in [1.82, 2.24) is 15.1 Å². The van der Waals surface area contributed by atoms with Gasteiger partial charge in [0.2, 0.25) is 11.8 Å². The number of morpholine rings is 1. The third-order valence-electron chi connectivity index (χ3n) is 8.24. The predicted molar refractivity (Wildman–Crippen MR) is 166 cm³/mol. The van der Waals surface area contributed by atoms with E-state index in [0.717, 1.165) is 29.0 Å². The van der Waals surface area contributed by atoms with Gasteiger partial charge in [-0.05, 0) is 34.6 Å². The number of carbonyl (C=O) groups excluding carboxylic acids is 3. The van der Waals surface area contributed by atoms with E-state index in [9.17, 15) is 32.8 Å². The number of aliphatic hydroxyl groups excluding tert-OH is 1. The number of carbonyl (C=O) groups is 3. The minimum absolute atomic E-state index is 0.0423. The summed E-state index contributed by atoms with van der Waals surface area (Å²) in [4.78, 5) is 62.5. The second-order valence-electron chi connectivity index (χ2n) is 12.7. The third-order valence-corrected chi connectivity index (χ3v) is 10.3. The highest BCUT2D eigenvalue weighted by molar-refractivity contribution is 7.52. The molecule has 4 atom stereocenters. The number of β-amino-alcohol motifs (C(OH)–C–C–N with tert-alkyl or cyclic N) is 1. The van der Waals surface area contributed by atoms with Crippen LogP contribution in [-0.4, -0.2) is 86.8 Å². The molecule has 2 aromatic carbocycles. The van der Waals surface area contributed by atoms with Gasteiger partial charge in [-0.3, -0.25) is 18.9 Å². The first-order chi connectivity index (χ1) is 21.5. The summed E-state index contributed by atoms with van der Waals surface area (Å²) in [7, 11) is -5.79. The first-order valence-electron chi connectivity index (χ1n) is 14.7. The highest BCUT2D eigenvalue weighted by Gasteiger charge is 2.50. The fourth-order valence-electron chi connectivity index (χ4n) is 5.75. The van der Waals surface area contributed by atoms with Crippen LogP contribution in [0.2, 0.25) is 0 Å². The molecule has 0 aliphatic carbocycles. The van der Waals surface area contributed by atoms with Gasteiger partial charge in [0.05, 0.1) is 24.1 Å². The molecule has 2 aliphatic rings. The lowest BCUT2D eigenvalue weighted by molar-refractivity contribution is -0.150. The molecule has 1 unspecified atom stereocenters. The Labute approximate surface area is 268 Å². The van der Waals surface area contributed by atoms with Crippen molar-refractivity contribution in [3.05, 3.63) is 70.6 Å². The zero-order valence-corrected chi connectivity index (χ0v) is 27.1. The molecular weight excluding hydrogens is 643 g/mol. The molecule has 15 heteroatoms. The van der Waals surface area contributed by atoms with Crippen LogP contribution in [0.25, 0.3) is 10.1 Å². The fraction of sp³-hybridized carbons (Fsp3) is 0.452. The Bertz CT molecular complexity index is 1670. The Kier molecular flexibility index (Phi) is 9.44. The summed E-state index contributed by atoms with van der Waals surface area (Å²) in [5.74, 6) is -1.53. The van der Waals surface area contributed by atoms with E-state index in [1.807, 2.05) is 30.3 Å². The lowest BCUT2D eigenvalue weighted by atomic mass is 9.85. The summed E-state index contributed by atoms with van der Waals surface area (Å²) >= 11 is 0.963. The van der Waals surface area contributed by atoms with Crippen LogP contribution in [0.4, 0.5) is 8.78 Å². The third kappa shape index (κ3) is 6.87. The van der Waals surface area contributed by atoms with Gasteiger partial charge in [0, 0.05) is 29.8 Å². The Morgan fingerprint density at radius 3 is 2.41 bits per heavy atom. The van der Waals surface area contributed by atoms with Crippen molar-refractivity contribution in [2.24, 2.45) is 5.41 Å². The molecule has 3 heterocycles. The molecule has 1 aromatic heterocycles. The van der Waals surface area contributed by atoms with Gasteiger partial charge in [0.1, 0.15) is 18.2 Å². The number of amides is 3. The van der Waals surface area contributed by atoms with Crippen LogP contribution in [0, 0.1) is 5.41 Å². The van der Waals surface area contributed by atoms with Crippen molar-refractivity contribution in [3.8, 4) is 0 Å². The maximum Gasteiger partial charge on any atom is 0.399 e. The molecule has 11 nitrogen and oxygen atoms in total. The molecule has 0 saturated carbocycles. The maximum absolute atomic E-state index is 14.3. The molecule has 0 radical (unpaired) electrons. The zero-order valence-electron chi connectivity index (χ0n) is 25.4. The number of halogens is 2. The highest BCUT2D eigenvalue weighted by Crippen LogP contribution is 2.59. The lowest BCUT2D eigenvalue weighted by Crippen LogP contribution is -2.58. The van der Waals surface area contributed by atoms with Crippen molar-refractivity contribution >= 4 is 46.7 Å². The van der Waals surface area contributed by atoms with E-state index < -0.39 is 54.2 Å². The summed E-state index contributed by atoms with van der Waals surface area (Å²) in [5, 5.41) is 13.5. The van der Waals surface area contributed by atoms with E-state index in [1.165, 1.54) is 17.0 Å². The number of aliphatic hydroxyl groups is 1. The van der Waals surface area contributed by atoms with Crippen LogP contribution < -0.4 is 5.32 Å². The number of ether oxygens (including phenoxy) is 1. The lowest BCUT2D eigenvalue weighted by Gasteiger charge is -2.38. The van der Waals surface area contributed by atoms with Gasteiger partial charge < -0.3 is 34.7 Å². The Balaban J connectivity index is 1.35. The van der Waals surface area contributed by atoms with E-state index >= 15 is 0 Å². The molecule has 46 heavy (non-hydrogen) atoms. The molecule has 3 amide bonds. The average Bonchev–Trinajstić information content (AvgIpc) is 3.61. The van der Waals surface area contributed by atoms with Crippen LogP contribution in [0.5, 0.6) is 0 Å². The van der Waals surface area contributed by atoms with Gasteiger partial charge in [0.25, 0.3) is 5.91 Å². The van der Waals surface area contributed by atoms with Crippen molar-refractivity contribution in [2.45, 2.75) is 57.1 Å². The van der Waals surface area contributed by atoms with Crippen molar-refractivity contribution in [3.63, 3.8) is 0 Å². The molecule has 2 saturated heterocycles. The average molecular weight is 680 g/mol. The number of rotatable bonds is 7. The van der Waals surface area contributed by atoms with E-state index in [1.54, 1.807) is 25.7 Å². The van der Waals surface area contributed by atoms with Crippen LogP contribution in [-0.2, 0) is 24.6 Å². The molecule has 2 aliphatic heterocycles. The predicted octanol–water partition coefficient (Wildman–Crippen LogP) is 3.83. The van der Waals surface area contributed by atoms with Gasteiger partial charge in [-0.15, -0.1) is 11.3 Å². The number of hydrogen-bond acceptors (Lipinski definition) is 7. The second kappa shape index (κ2) is 12.7. The number of fused-ring (bicyclic) bond motifs is 1. The number of hydrogen-bond donors (Lipinski definition) is 4. The molecule has 5 rings (SSSR count). The van der Waals surface area contributed by atoms with Crippen LogP contribution in [0.15, 0.2) is 54.6 Å². The van der Waals surface area contributed by atoms with Crippen molar-refractivity contribution < 1.29 is 47.4 Å².